The van der Waals surface area contributed by atoms with Gasteiger partial charge in [0.2, 0.25) is 0 Å². The van der Waals surface area contributed by atoms with Crippen LogP contribution < -0.4 is 4.74 Å². The molecule has 0 spiro atoms. The van der Waals surface area contributed by atoms with Crippen molar-refractivity contribution in [2.45, 2.75) is 31.2 Å². The molecule has 2 aromatic rings. The lowest BCUT2D eigenvalue weighted by molar-refractivity contribution is 0.232. The van der Waals surface area contributed by atoms with Gasteiger partial charge in [-0.25, -0.2) is 0 Å². The second kappa shape index (κ2) is 5.42. The zero-order chi connectivity index (χ0) is 14.3. The van der Waals surface area contributed by atoms with Crippen molar-refractivity contribution in [3.05, 3.63) is 63.7 Å². The summed E-state index contributed by atoms with van der Waals surface area (Å²) >= 11 is 10.2. The van der Waals surface area contributed by atoms with E-state index in [0.29, 0.717) is 0 Å². The lowest BCUT2D eigenvalue weighted by Gasteiger charge is -2.20. The third kappa shape index (κ3) is 2.47. The molecule has 0 saturated heterocycles. The minimum absolute atomic E-state index is 0.0898. The molecule has 1 heterocycles. The number of hydrogen-bond acceptors (Lipinski definition) is 1. The Balaban J connectivity index is 1.88. The fourth-order valence-electron chi connectivity index (χ4n) is 2.59. The van der Waals surface area contributed by atoms with Crippen molar-refractivity contribution in [3.8, 4) is 5.75 Å². The topological polar surface area (TPSA) is 9.23 Å². The number of benzene rings is 2. The molecule has 1 aliphatic rings. The minimum atomic E-state index is 0.0898. The predicted octanol–water partition coefficient (Wildman–Crippen LogP) is 5.40. The Kier molecular flexibility index (Phi) is 3.78. The molecule has 3 heteroatoms. The average Bonchev–Trinajstić information content (AvgIpc) is 2.86. The van der Waals surface area contributed by atoms with Gasteiger partial charge in [0.15, 0.2) is 0 Å². The SMILES string of the molecule is Cc1cc(Cl)c(C(Br)C2Cc3ccccc3O2)cc1C. The maximum Gasteiger partial charge on any atom is 0.123 e. The predicted molar refractivity (Wildman–Crippen MR) is 87.2 cm³/mol. The number of alkyl halides is 1. The molecule has 2 unspecified atom stereocenters. The second-order valence-electron chi connectivity index (χ2n) is 5.33. The van der Waals surface area contributed by atoms with Gasteiger partial charge in [-0.3, -0.25) is 0 Å². The van der Waals surface area contributed by atoms with Gasteiger partial charge in [-0.2, -0.15) is 0 Å². The van der Waals surface area contributed by atoms with Crippen LogP contribution in [-0.4, -0.2) is 6.10 Å². The van der Waals surface area contributed by atoms with E-state index in [-0.39, 0.29) is 10.9 Å². The maximum atomic E-state index is 6.40. The highest BCUT2D eigenvalue weighted by Crippen LogP contribution is 2.41. The molecule has 0 aromatic heterocycles. The van der Waals surface area contributed by atoms with Crippen LogP contribution in [0.25, 0.3) is 0 Å². The van der Waals surface area contributed by atoms with Gasteiger partial charge in [0.25, 0.3) is 0 Å². The van der Waals surface area contributed by atoms with Crippen LogP contribution >= 0.6 is 27.5 Å². The number of hydrogen-bond donors (Lipinski definition) is 0. The highest BCUT2D eigenvalue weighted by Gasteiger charge is 2.30. The van der Waals surface area contributed by atoms with Crippen molar-refractivity contribution >= 4 is 27.5 Å². The fourth-order valence-corrected chi connectivity index (χ4v) is 3.73. The Morgan fingerprint density at radius 3 is 2.65 bits per heavy atom. The van der Waals surface area contributed by atoms with Crippen molar-refractivity contribution < 1.29 is 4.74 Å². The molecular weight excluding hydrogens is 336 g/mol. The van der Waals surface area contributed by atoms with Crippen molar-refractivity contribution in [1.29, 1.82) is 0 Å². The number of para-hydroxylation sites is 1. The van der Waals surface area contributed by atoms with E-state index >= 15 is 0 Å². The normalized spacial score (nSPS) is 18.5. The molecule has 0 saturated carbocycles. The third-order valence-electron chi connectivity index (χ3n) is 3.91. The van der Waals surface area contributed by atoms with E-state index in [1.165, 1.54) is 16.7 Å². The van der Waals surface area contributed by atoms with E-state index in [1.54, 1.807) is 0 Å². The number of fused-ring (bicyclic) bond motifs is 1. The molecule has 1 aliphatic heterocycles. The van der Waals surface area contributed by atoms with Crippen LogP contribution in [0.3, 0.4) is 0 Å². The van der Waals surface area contributed by atoms with Crippen LogP contribution in [0.15, 0.2) is 36.4 Å². The first kappa shape index (κ1) is 14.0. The highest BCUT2D eigenvalue weighted by atomic mass is 79.9. The summed E-state index contributed by atoms with van der Waals surface area (Å²) in [7, 11) is 0. The van der Waals surface area contributed by atoms with Gasteiger partial charge >= 0.3 is 0 Å². The maximum absolute atomic E-state index is 6.40. The summed E-state index contributed by atoms with van der Waals surface area (Å²) in [6.07, 6.45) is 1.00. The van der Waals surface area contributed by atoms with Crippen molar-refractivity contribution in [2.75, 3.05) is 0 Å². The quantitative estimate of drug-likeness (QED) is 0.659. The highest BCUT2D eigenvalue weighted by molar-refractivity contribution is 9.09. The Labute approximate surface area is 133 Å². The standard InChI is InChI=1S/C17H16BrClO/c1-10-7-13(14(19)8-11(10)2)17(18)16-9-12-5-3-4-6-15(12)20-16/h3-8,16-17H,9H2,1-2H3. The lowest BCUT2D eigenvalue weighted by atomic mass is 9.99. The van der Waals surface area contributed by atoms with Crippen LogP contribution in [-0.2, 0) is 6.42 Å². The van der Waals surface area contributed by atoms with E-state index in [1.807, 2.05) is 18.2 Å². The summed E-state index contributed by atoms with van der Waals surface area (Å²) in [5.74, 6) is 0.988. The van der Waals surface area contributed by atoms with Gasteiger partial charge in [-0.15, -0.1) is 0 Å². The largest absolute Gasteiger partial charge is 0.488 e. The number of rotatable bonds is 2. The summed E-state index contributed by atoms with van der Waals surface area (Å²) in [6, 6.07) is 12.4. The molecule has 0 aliphatic carbocycles. The Hall–Kier alpha value is -0.990. The summed E-state index contributed by atoms with van der Waals surface area (Å²) in [5.41, 5.74) is 4.84. The monoisotopic (exact) mass is 350 g/mol. The molecule has 0 N–H and O–H groups in total. The van der Waals surface area contributed by atoms with E-state index in [2.05, 4.69) is 48.0 Å². The molecule has 0 radical (unpaired) electrons. The van der Waals surface area contributed by atoms with Crippen molar-refractivity contribution in [1.82, 2.24) is 0 Å². The van der Waals surface area contributed by atoms with Crippen LogP contribution in [0.4, 0.5) is 0 Å². The molecule has 104 valence electrons. The molecular formula is C17H16BrClO. The Morgan fingerprint density at radius 2 is 1.90 bits per heavy atom. The number of halogens is 2. The van der Waals surface area contributed by atoms with Crippen molar-refractivity contribution in [2.24, 2.45) is 0 Å². The zero-order valence-electron chi connectivity index (χ0n) is 11.5. The van der Waals surface area contributed by atoms with Gasteiger partial charge < -0.3 is 4.74 Å². The first-order valence-electron chi connectivity index (χ1n) is 6.71. The van der Waals surface area contributed by atoms with Gasteiger partial charge in [0.05, 0.1) is 4.83 Å². The molecule has 0 amide bonds. The first-order chi connectivity index (χ1) is 9.56. The number of ether oxygens (including phenoxy) is 1. The molecule has 0 fully saturated rings. The van der Waals surface area contributed by atoms with Crippen LogP contribution in [0.2, 0.25) is 5.02 Å². The summed E-state index contributed by atoms with van der Waals surface area (Å²) in [6.45, 7) is 4.19. The van der Waals surface area contributed by atoms with Crippen LogP contribution in [0.5, 0.6) is 5.75 Å². The molecule has 2 atom stereocenters. The molecule has 3 rings (SSSR count). The number of aryl methyl sites for hydroxylation is 2. The van der Waals surface area contributed by atoms with E-state index in [4.69, 9.17) is 16.3 Å². The van der Waals surface area contributed by atoms with E-state index < -0.39 is 0 Å². The van der Waals surface area contributed by atoms with E-state index in [0.717, 1.165) is 22.8 Å². The lowest BCUT2D eigenvalue weighted by Crippen LogP contribution is -2.19. The van der Waals surface area contributed by atoms with Gasteiger partial charge in [-0.05, 0) is 48.2 Å². The Bertz CT molecular complexity index is 628. The van der Waals surface area contributed by atoms with Crippen LogP contribution in [0.1, 0.15) is 27.1 Å². The average molecular weight is 352 g/mol. The Morgan fingerprint density at radius 1 is 1.20 bits per heavy atom. The second-order valence-corrected chi connectivity index (χ2v) is 6.72. The molecule has 2 aromatic carbocycles. The van der Waals surface area contributed by atoms with E-state index in [9.17, 15) is 0 Å². The molecule has 20 heavy (non-hydrogen) atoms. The van der Waals surface area contributed by atoms with Crippen molar-refractivity contribution in [3.63, 3.8) is 0 Å². The minimum Gasteiger partial charge on any atom is -0.488 e. The smallest absolute Gasteiger partial charge is 0.123 e. The first-order valence-corrected chi connectivity index (χ1v) is 8.01. The fraction of sp³-hybridized carbons (Fsp3) is 0.294. The van der Waals surface area contributed by atoms with Crippen LogP contribution in [0, 0.1) is 13.8 Å². The van der Waals surface area contributed by atoms with Gasteiger partial charge in [-0.1, -0.05) is 51.8 Å². The summed E-state index contributed by atoms with van der Waals surface area (Å²) < 4.78 is 6.04. The molecule has 1 nitrogen and oxygen atoms in total. The summed E-state index contributed by atoms with van der Waals surface area (Å²) in [4.78, 5) is 0.0988. The summed E-state index contributed by atoms with van der Waals surface area (Å²) in [5, 5.41) is 0.800. The zero-order valence-corrected chi connectivity index (χ0v) is 13.8. The van der Waals surface area contributed by atoms with Gasteiger partial charge in [0, 0.05) is 11.4 Å². The molecule has 0 bridgehead atoms. The third-order valence-corrected chi connectivity index (χ3v) is 5.32. The van der Waals surface area contributed by atoms with Gasteiger partial charge in [0.1, 0.15) is 11.9 Å².